The number of likely N-dealkylation sites (N-methyl/N-ethyl adjacent to an activating group) is 1. The highest BCUT2D eigenvalue weighted by molar-refractivity contribution is 5.53. The molecule has 3 rings (SSSR count). The minimum Gasteiger partial charge on any atom is -0.492 e. The Kier molecular flexibility index (Phi) is 5.62. The van der Waals surface area contributed by atoms with Crippen LogP contribution >= 0.6 is 0 Å². The van der Waals surface area contributed by atoms with Crippen LogP contribution < -0.4 is 4.74 Å². The highest BCUT2D eigenvalue weighted by Gasteiger charge is 2.11. The molecule has 0 saturated carbocycles. The monoisotopic (exact) mass is 348 g/mol. The lowest BCUT2D eigenvalue weighted by molar-refractivity contribution is 0.220. The fourth-order valence-electron chi connectivity index (χ4n) is 2.50. The highest BCUT2D eigenvalue weighted by atomic mass is 16.5. The Labute approximate surface area is 152 Å². The standard InChI is InChI=1S/C20H20N4O2/c1-15-5-3-7-17(11-15)20-23-22-19(26-20)14-24(2)9-10-25-18-8-4-6-16(12-18)13-21/h3-8,11-12H,9-10,14H2,1-2H3. The zero-order chi connectivity index (χ0) is 18.4. The second-order valence-electron chi connectivity index (χ2n) is 6.10. The third-order valence-electron chi connectivity index (χ3n) is 3.84. The molecule has 0 amide bonds. The average molecular weight is 348 g/mol. The van der Waals surface area contributed by atoms with Gasteiger partial charge in [-0.3, -0.25) is 4.90 Å². The van der Waals surface area contributed by atoms with Crippen molar-refractivity contribution in [2.75, 3.05) is 20.2 Å². The number of rotatable bonds is 7. The maximum atomic E-state index is 8.90. The van der Waals surface area contributed by atoms with Gasteiger partial charge in [0.2, 0.25) is 11.8 Å². The van der Waals surface area contributed by atoms with Crippen LogP contribution in [0.1, 0.15) is 17.0 Å². The number of hydrogen-bond donors (Lipinski definition) is 0. The second kappa shape index (κ2) is 8.28. The van der Waals surface area contributed by atoms with Crippen molar-refractivity contribution in [3.63, 3.8) is 0 Å². The van der Waals surface area contributed by atoms with Crippen LogP contribution in [0.15, 0.2) is 52.9 Å². The van der Waals surface area contributed by atoms with Gasteiger partial charge in [0.1, 0.15) is 12.4 Å². The summed E-state index contributed by atoms with van der Waals surface area (Å²) in [5.74, 6) is 1.79. The van der Waals surface area contributed by atoms with Crippen molar-refractivity contribution in [2.24, 2.45) is 0 Å². The lowest BCUT2D eigenvalue weighted by Crippen LogP contribution is -2.24. The fourth-order valence-corrected chi connectivity index (χ4v) is 2.50. The summed E-state index contributed by atoms with van der Waals surface area (Å²) in [6.45, 7) is 3.77. The van der Waals surface area contributed by atoms with Crippen molar-refractivity contribution in [2.45, 2.75) is 13.5 Å². The Balaban J connectivity index is 1.51. The van der Waals surface area contributed by atoms with E-state index < -0.39 is 0 Å². The van der Waals surface area contributed by atoms with Crippen LogP contribution in [0.2, 0.25) is 0 Å². The summed E-state index contributed by atoms with van der Waals surface area (Å²) in [5.41, 5.74) is 2.66. The van der Waals surface area contributed by atoms with E-state index >= 15 is 0 Å². The summed E-state index contributed by atoms with van der Waals surface area (Å²) in [4.78, 5) is 2.04. The molecule has 0 atom stereocenters. The SMILES string of the molecule is Cc1cccc(-c2nnc(CN(C)CCOc3cccc(C#N)c3)o2)c1. The summed E-state index contributed by atoms with van der Waals surface area (Å²) in [7, 11) is 1.96. The van der Waals surface area contributed by atoms with Gasteiger partial charge in [0.25, 0.3) is 0 Å². The number of nitrogens with zero attached hydrogens (tertiary/aromatic N) is 4. The molecule has 132 valence electrons. The van der Waals surface area contributed by atoms with Gasteiger partial charge in [-0.1, -0.05) is 23.8 Å². The summed E-state index contributed by atoms with van der Waals surface area (Å²) in [5, 5.41) is 17.1. The Morgan fingerprint density at radius 3 is 2.81 bits per heavy atom. The Hall–Kier alpha value is -3.17. The van der Waals surface area contributed by atoms with Crippen molar-refractivity contribution >= 4 is 0 Å². The summed E-state index contributed by atoms with van der Waals surface area (Å²) >= 11 is 0. The predicted molar refractivity (Wildman–Crippen MR) is 97.5 cm³/mol. The highest BCUT2D eigenvalue weighted by Crippen LogP contribution is 2.19. The molecule has 26 heavy (non-hydrogen) atoms. The zero-order valence-electron chi connectivity index (χ0n) is 14.8. The maximum Gasteiger partial charge on any atom is 0.247 e. The zero-order valence-corrected chi connectivity index (χ0v) is 14.8. The van der Waals surface area contributed by atoms with E-state index in [2.05, 4.69) is 16.3 Å². The topological polar surface area (TPSA) is 75.2 Å². The summed E-state index contributed by atoms with van der Waals surface area (Å²) < 4.78 is 11.4. The fraction of sp³-hybridized carbons (Fsp3) is 0.250. The van der Waals surface area contributed by atoms with Crippen LogP contribution in [-0.2, 0) is 6.54 Å². The van der Waals surface area contributed by atoms with Gasteiger partial charge in [-0.25, -0.2) is 0 Å². The first-order valence-electron chi connectivity index (χ1n) is 8.35. The van der Waals surface area contributed by atoms with Crippen molar-refractivity contribution in [1.82, 2.24) is 15.1 Å². The lowest BCUT2D eigenvalue weighted by atomic mass is 10.1. The minimum absolute atomic E-state index is 0.504. The molecule has 2 aromatic carbocycles. The molecule has 1 heterocycles. The van der Waals surface area contributed by atoms with Gasteiger partial charge in [-0.05, 0) is 44.3 Å². The van der Waals surface area contributed by atoms with Crippen molar-refractivity contribution in [3.8, 4) is 23.3 Å². The van der Waals surface area contributed by atoms with Gasteiger partial charge < -0.3 is 9.15 Å². The molecule has 0 aliphatic rings. The first-order valence-corrected chi connectivity index (χ1v) is 8.35. The number of aryl methyl sites for hydroxylation is 1. The molecular formula is C20H20N4O2. The molecule has 6 heteroatoms. The van der Waals surface area contributed by atoms with Crippen LogP contribution in [0, 0.1) is 18.3 Å². The quantitative estimate of drug-likeness (QED) is 0.651. The van der Waals surface area contributed by atoms with Crippen LogP contribution in [0.3, 0.4) is 0 Å². The maximum absolute atomic E-state index is 8.90. The lowest BCUT2D eigenvalue weighted by Gasteiger charge is -2.14. The van der Waals surface area contributed by atoms with Crippen LogP contribution in [0.25, 0.3) is 11.5 Å². The van der Waals surface area contributed by atoms with E-state index in [9.17, 15) is 0 Å². The number of benzene rings is 2. The Morgan fingerprint density at radius 1 is 1.15 bits per heavy atom. The second-order valence-corrected chi connectivity index (χ2v) is 6.10. The van der Waals surface area contributed by atoms with E-state index in [1.807, 2.05) is 55.3 Å². The predicted octanol–water partition coefficient (Wildman–Crippen LogP) is 3.43. The minimum atomic E-state index is 0.504. The van der Waals surface area contributed by atoms with Gasteiger partial charge in [0.15, 0.2) is 0 Å². The Morgan fingerprint density at radius 2 is 2.00 bits per heavy atom. The first-order chi connectivity index (χ1) is 12.6. The first kappa shape index (κ1) is 17.6. The third kappa shape index (κ3) is 4.68. The number of nitriles is 1. The van der Waals surface area contributed by atoms with E-state index in [-0.39, 0.29) is 0 Å². The van der Waals surface area contributed by atoms with E-state index in [1.165, 1.54) is 0 Å². The van der Waals surface area contributed by atoms with Gasteiger partial charge in [0.05, 0.1) is 18.2 Å². The molecule has 0 fully saturated rings. The van der Waals surface area contributed by atoms with Gasteiger partial charge in [-0.15, -0.1) is 10.2 Å². The van der Waals surface area contributed by atoms with E-state index in [1.54, 1.807) is 12.1 Å². The van der Waals surface area contributed by atoms with Gasteiger partial charge >= 0.3 is 0 Å². The number of aromatic nitrogens is 2. The number of ether oxygens (including phenoxy) is 1. The molecule has 0 spiro atoms. The van der Waals surface area contributed by atoms with Gasteiger partial charge in [-0.2, -0.15) is 5.26 Å². The molecule has 0 aliphatic heterocycles. The van der Waals surface area contributed by atoms with Crippen LogP contribution in [0.4, 0.5) is 0 Å². The molecule has 0 unspecified atom stereocenters. The van der Waals surface area contributed by atoms with Crippen molar-refractivity contribution in [3.05, 3.63) is 65.5 Å². The van der Waals surface area contributed by atoms with E-state index in [0.29, 0.717) is 42.8 Å². The summed E-state index contributed by atoms with van der Waals surface area (Å²) in [6.07, 6.45) is 0. The molecule has 0 radical (unpaired) electrons. The molecule has 0 saturated heterocycles. The average Bonchev–Trinajstić information content (AvgIpc) is 3.10. The molecule has 1 aromatic heterocycles. The molecule has 0 N–H and O–H groups in total. The normalized spacial score (nSPS) is 10.7. The third-order valence-corrected chi connectivity index (χ3v) is 3.84. The molecule has 3 aromatic rings. The largest absolute Gasteiger partial charge is 0.492 e. The van der Waals surface area contributed by atoms with Crippen molar-refractivity contribution < 1.29 is 9.15 Å². The number of hydrogen-bond acceptors (Lipinski definition) is 6. The van der Waals surface area contributed by atoms with E-state index in [4.69, 9.17) is 14.4 Å². The summed E-state index contributed by atoms with van der Waals surface area (Å²) in [6, 6.07) is 17.2. The van der Waals surface area contributed by atoms with Crippen molar-refractivity contribution in [1.29, 1.82) is 5.26 Å². The van der Waals surface area contributed by atoms with Crippen LogP contribution in [0.5, 0.6) is 5.75 Å². The van der Waals surface area contributed by atoms with Gasteiger partial charge in [0, 0.05) is 12.1 Å². The molecular weight excluding hydrogens is 328 g/mol. The Bertz CT molecular complexity index is 914. The van der Waals surface area contributed by atoms with E-state index in [0.717, 1.165) is 11.1 Å². The molecule has 0 aliphatic carbocycles. The smallest absolute Gasteiger partial charge is 0.247 e. The molecule has 6 nitrogen and oxygen atoms in total. The van der Waals surface area contributed by atoms with Crippen LogP contribution in [-0.4, -0.2) is 35.3 Å². The molecule has 0 bridgehead atoms.